The molecule has 2 heterocycles. The van der Waals surface area contributed by atoms with E-state index in [0.29, 0.717) is 47.8 Å². The third-order valence-electron chi connectivity index (χ3n) is 5.22. The van der Waals surface area contributed by atoms with E-state index in [1.54, 1.807) is 28.8 Å². The van der Waals surface area contributed by atoms with Crippen molar-refractivity contribution in [2.75, 3.05) is 13.2 Å². The Labute approximate surface area is 172 Å². The van der Waals surface area contributed by atoms with Gasteiger partial charge in [0.1, 0.15) is 0 Å². The van der Waals surface area contributed by atoms with Gasteiger partial charge in [-0.1, -0.05) is 36.4 Å². The van der Waals surface area contributed by atoms with Gasteiger partial charge in [0.25, 0.3) is 5.56 Å². The van der Waals surface area contributed by atoms with Crippen LogP contribution in [0.1, 0.15) is 12.0 Å². The molecule has 0 spiro atoms. The Balaban J connectivity index is 1.69. The summed E-state index contributed by atoms with van der Waals surface area (Å²) in [7, 11) is 0. The maximum Gasteiger partial charge on any atom is 0.336 e. The van der Waals surface area contributed by atoms with Gasteiger partial charge in [-0.05, 0) is 42.0 Å². The van der Waals surface area contributed by atoms with Crippen LogP contribution in [0.4, 0.5) is 0 Å². The first kappa shape index (κ1) is 18.2. The Bertz CT molecular complexity index is 1340. The summed E-state index contributed by atoms with van der Waals surface area (Å²) < 4.78 is 14.3. The molecule has 0 unspecified atom stereocenters. The maximum atomic E-state index is 13.4. The summed E-state index contributed by atoms with van der Waals surface area (Å²) >= 11 is 0. The first-order valence-electron chi connectivity index (χ1n) is 9.91. The Morgan fingerprint density at radius 1 is 0.800 bits per heavy atom. The Hall–Kier alpha value is -3.80. The SMILES string of the molecule is O=c1c2ccccc2n(Cc2ccc3c(c2)OCCCO3)c(=O)n1-c1ccccc1. The fourth-order valence-corrected chi connectivity index (χ4v) is 3.77. The third-order valence-corrected chi connectivity index (χ3v) is 5.22. The second-order valence-electron chi connectivity index (χ2n) is 7.19. The molecule has 0 bridgehead atoms. The van der Waals surface area contributed by atoms with E-state index in [1.165, 1.54) is 4.57 Å². The largest absolute Gasteiger partial charge is 0.490 e. The van der Waals surface area contributed by atoms with Crippen molar-refractivity contribution in [3.63, 3.8) is 0 Å². The topological polar surface area (TPSA) is 62.5 Å². The van der Waals surface area contributed by atoms with Crippen molar-refractivity contribution in [3.8, 4) is 17.2 Å². The lowest BCUT2D eigenvalue weighted by atomic mass is 10.1. The van der Waals surface area contributed by atoms with Gasteiger partial charge in [-0.2, -0.15) is 0 Å². The summed E-state index contributed by atoms with van der Waals surface area (Å²) in [6, 6.07) is 21.9. The van der Waals surface area contributed by atoms with Gasteiger partial charge in [-0.15, -0.1) is 0 Å². The quantitative estimate of drug-likeness (QED) is 0.529. The van der Waals surface area contributed by atoms with E-state index in [0.717, 1.165) is 12.0 Å². The van der Waals surface area contributed by atoms with Gasteiger partial charge < -0.3 is 9.47 Å². The molecule has 0 fully saturated rings. The normalized spacial score (nSPS) is 13.2. The predicted molar refractivity (Wildman–Crippen MR) is 115 cm³/mol. The highest BCUT2D eigenvalue weighted by Crippen LogP contribution is 2.30. The molecule has 1 aromatic heterocycles. The van der Waals surface area contributed by atoms with Crippen LogP contribution in [0.2, 0.25) is 0 Å². The summed E-state index contributed by atoms with van der Waals surface area (Å²) in [6.45, 7) is 1.53. The van der Waals surface area contributed by atoms with Crippen LogP contribution in [0.5, 0.6) is 11.5 Å². The van der Waals surface area contributed by atoms with Crippen molar-refractivity contribution < 1.29 is 9.47 Å². The minimum atomic E-state index is -0.378. The van der Waals surface area contributed by atoms with Crippen LogP contribution < -0.4 is 20.7 Å². The van der Waals surface area contributed by atoms with Gasteiger partial charge >= 0.3 is 5.69 Å². The third kappa shape index (κ3) is 3.16. The zero-order chi connectivity index (χ0) is 20.5. The van der Waals surface area contributed by atoms with Crippen LogP contribution in [0.25, 0.3) is 16.6 Å². The Morgan fingerprint density at radius 2 is 1.53 bits per heavy atom. The second kappa shape index (κ2) is 7.55. The summed E-state index contributed by atoms with van der Waals surface area (Å²) in [5.74, 6) is 1.39. The number of hydrogen-bond donors (Lipinski definition) is 0. The van der Waals surface area contributed by atoms with Crippen molar-refractivity contribution in [2.45, 2.75) is 13.0 Å². The highest BCUT2D eigenvalue weighted by molar-refractivity contribution is 5.78. The summed E-state index contributed by atoms with van der Waals surface area (Å²) in [4.78, 5) is 26.5. The predicted octanol–water partition coefficient (Wildman–Crippen LogP) is 3.36. The van der Waals surface area contributed by atoms with Crippen molar-refractivity contribution in [1.29, 1.82) is 0 Å². The number of rotatable bonds is 3. The highest BCUT2D eigenvalue weighted by atomic mass is 16.5. The van der Waals surface area contributed by atoms with Gasteiger partial charge in [-0.3, -0.25) is 9.36 Å². The molecule has 6 nitrogen and oxygen atoms in total. The van der Waals surface area contributed by atoms with Crippen molar-refractivity contribution in [1.82, 2.24) is 9.13 Å². The Morgan fingerprint density at radius 3 is 2.37 bits per heavy atom. The van der Waals surface area contributed by atoms with E-state index in [-0.39, 0.29) is 11.2 Å². The van der Waals surface area contributed by atoms with Crippen LogP contribution in [-0.2, 0) is 6.54 Å². The number of aromatic nitrogens is 2. The van der Waals surface area contributed by atoms with E-state index in [9.17, 15) is 9.59 Å². The van der Waals surface area contributed by atoms with E-state index < -0.39 is 0 Å². The zero-order valence-electron chi connectivity index (χ0n) is 16.3. The van der Waals surface area contributed by atoms with Gasteiger partial charge in [0.15, 0.2) is 11.5 Å². The average molecular weight is 400 g/mol. The molecule has 0 radical (unpaired) electrons. The van der Waals surface area contributed by atoms with Crippen LogP contribution in [0.15, 0.2) is 82.4 Å². The lowest BCUT2D eigenvalue weighted by Gasteiger charge is -2.15. The number of benzene rings is 3. The van der Waals surface area contributed by atoms with Gasteiger partial charge in [-0.25, -0.2) is 9.36 Å². The molecule has 0 atom stereocenters. The lowest BCUT2D eigenvalue weighted by molar-refractivity contribution is 0.297. The summed E-state index contributed by atoms with van der Waals surface area (Å²) in [5.41, 5.74) is 1.34. The highest BCUT2D eigenvalue weighted by Gasteiger charge is 2.16. The van der Waals surface area contributed by atoms with Gasteiger partial charge in [0, 0.05) is 6.42 Å². The fraction of sp³-hybridized carbons (Fsp3) is 0.167. The number of ether oxygens (including phenoxy) is 2. The van der Waals surface area contributed by atoms with Crippen LogP contribution in [0.3, 0.4) is 0 Å². The van der Waals surface area contributed by atoms with Crippen molar-refractivity contribution >= 4 is 10.9 Å². The summed E-state index contributed by atoms with van der Waals surface area (Å²) in [5, 5.41) is 0.496. The standard InChI is InChI=1S/C24H20N2O4/c27-23-19-9-4-5-10-20(19)25(24(28)26(23)18-7-2-1-3-8-18)16-17-11-12-21-22(15-17)30-14-6-13-29-21/h1-5,7-12,15H,6,13-14,16H2. The molecule has 6 heteroatoms. The number of fused-ring (bicyclic) bond motifs is 2. The van der Waals surface area contributed by atoms with E-state index >= 15 is 0 Å². The molecule has 1 aliphatic rings. The van der Waals surface area contributed by atoms with Gasteiger partial charge in [0.05, 0.1) is 36.3 Å². The number of para-hydroxylation sites is 2. The molecular weight excluding hydrogens is 380 g/mol. The number of nitrogens with zero attached hydrogens (tertiary/aromatic N) is 2. The molecule has 3 aromatic carbocycles. The second-order valence-corrected chi connectivity index (χ2v) is 7.19. The maximum absolute atomic E-state index is 13.4. The molecule has 0 saturated heterocycles. The van der Waals surface area contributed by atoms with E-state index in [2.05, 4.69) is 0 Å². The zero-order valence-corrected chi connectivity index (χ0v) is 16.3. The van der Waals surface area contributed by atoms with Crippen molar-refractivity contribution in [2.24, 2.45) is 0 Å². The molecule has 4 aromatic rings. The Kier molecular flexibility index (Phi) is 4.59. The molecule has 0 aliphatic carbocycles. The molecule has 5 rings (SSSR count). The molecule has 0 N–H and O–H groups in total. The first-order chi connectivity index (χ1) is 14.7. The molecule has 0 saturated carbocycles. The minimum Gasteiger partial charge on any atom is -0.490 e. The van der Waals surface area contributed by atoms with Gasteiger partial charge in [0.2, 0.25) is 0 Å². The van der Waals surface area contributed by atoms with Crippen LogP contribution in [-0.4, -0.2) is 22.3 Å². The lowest BCUT2D eigenvalue weighted by Crippen LogP contribution is -2.39. The van der Waals surface area contributed by atoms with Crippen LogP contribution in [0, 0.1) is 0 Å². The van der Waals surface area contributed by atoms with Crippen LogP contribution >= 0.6 is 0 Å². The van der Waals surface area contributed by atoms with E-state index in [4.69, 9.17) is 9.47 Å². The average Bonchev–Trinajstić information content (AvgIpc) is 3.02. The smallest absolute Gasteiger partial charge is 0.336 e. The van der Waals surface area contributed by atoms with Crippen molar-refractivity contribution in [3.05, 3.63) is 99.2 Å². The molecular formula is C24H20N2O4. The molecule has 30 heavy (non-hydrogen) atoms. The molecule has 0 amide bonds. The number of hydrogen-bond acceptors (Lipinski definition) is 4. The summed E-state index contributed by atoms with van der Waals surface area (Å²) in [6.07, 6.45) is 0.830. The minimum absolute atomic E-state index is 0.309. The van der Waals surface area contributed by atoms with E-state index in [1.807, 2.05) is 48.5 Å². The first-order valence-corrected chi connectivity index (χ1v) is 9.91. The molecule has 150 valence electrons. The monoisotopic (exact) mass is 400 g/mol. The fourth-order valence-electron chi connectivity index (χ4n) is 3.77. The molecule has 1 aliphatic heterocycles.